The molecule has 11 heteroatoms. The summed E-state index contributed by atoms with van der Waals surface area (Å²) in [7, 11) is 0. The summed E-state index contributed by atoms with van der Waals surface area (Å²) in [6.07, 6.45) is -3.41. The van der Waals surface area contributed by atoms with E-state index in [1.54, 1.807) is 52.3 Å². The van der Waals surface area contributed by atoms with E-state index in [1.165, 1.54) is 12.1 Å². The summed E-state index contributed by atoms with van der Waals surface area (Å²) in [4.78, 5) is 7.21. The lowest BCUT2D eigenvalue weighted by Crippen LogP contribution is -2.62. The van der Waals surface area contributed by atoms with Crippen LogP contribution in [0.25, 0.3) is 16.9 Å². The van der Waals surface area contributed by atoms with E-state index in [0.29, 0.717) is 16.9 Å². The van der Waals surface area contributed by atoms with Gasteiger partial charge in [-0.05, 0) is 60.2 Å². The van der Waals surface area contributed by atoms with Crippen LogP contribution in [0.2, 0.25) is 0 Å². The van der Waals surface area contributed by atoms with Gasteiger partial charge < -0.3 is 10.6 Å². The van der Waals surface area contributed by atoms with Crippen molar-refractivity contribution in [3.63, 3.8) is 0 Å². The zero-order valence-corrected chi connectivity index (χ0v) is 19.0. The van der Waals surface area contributed by atoms with Crippen LogP contribution in [0.15, 0.2) is 79.1 Å². The number of nitrogens with zero attached hydrogens (tertiary/aromatic N) is 5. The lowest BCUT2D eigenvalue weighted by atomic mass is 10.1. The molecule has 2 atom stereocenters. The summed E-state index contributed by atoms with van der Waals surface area (Å²) in [5.74, 6) is -0.403. The van der Waals surface area contributed by atoms with Gasteiger partial charge in [0.05, 0.1) is 29.3 Å². The minimum absolute atomic E-state index is 0.210. The Balaban J connectivity index is 1.55. The molecule has 4 N–H and O–H groups in total. The van der Waals surface area contributed by atoms with E-state index in [2.05, 4.69) is 10.1 Å². The van der Waals surface area contributed by atoms with Crippen LogP contribution in [-0.4, -0.2) is 38.7 Å². The van der Waals surface area contributed by atoms with Gasteiger partial charge in [-0.3, -0.25) is 5.73 Å². The van der Waals surface area contributed by atoms with Gasteiger partial charge in [-0.15, -0.1) is 0 Å². The first-order valence-electron chi connectivity index (χ1n) is 11.2. The van der Waals surface area contributed by atoms with Crippen LogP contribution in [0.5, 0.6) is 0 Å². The lowest BCUT2D eigenvalue weighted by molar-refractivity contribution is -0.158. The second-order valence-electron chi connectivity index (χ2n) is 8.50. The highest BCUT2D eigenvalue weighted by atomic mass is 19.4. The third-order valence-electron chi connectivity index (χ3n) is 6.04. The zero-order valence-electron chi connectivity index (χ0n) is 19.0. The van der Waals surface area contributed by atoms with Crippen molar-refractivity contribution in [2.45, 2.75) is 25.2 Å². The fourth-order valence-electron chi connectivity index (χ4n) is 4.35. The Hall–Kier alpha value is -3.80. The topological polar surface area (TPSA) is 89.2 Å². The minimum atomic E-state index is -4.52. The number of halogens is 4. The first-order valence-corrected chi connectivity index (χ1v) is 11.2. The number of aromatic nitrogens is 3. The molecule has 36 heavy (non-hydrogen) atoms. The van der Waals surface area contributed by atoms with Gasteiger partial charge in [0.25, 0.3) is 0 Å². The highest BCUT2D eigenvalue weighted by molar-refractivity contribution is 5.65. The molecule has 0 saturated carbocycles. The third-order valence-corrected chi connectivity index (χ3v) is 6.04. The largest absolute Gasteiger partial charge is 0.401 e. The Labute approximate surface area is 204 Å². The predicted molar refractivity (Wildman–Crippen MR) is 127 cm³/mol. The molecular formula is C25H23F4N7. The number of alkyl halides is 3. The number of fused-ring (bicyclic) bond motifs is 1. The molecule has 1 aliphatic rings. The number of anilines is 1. The van der Waals surface area contributed by atoms with E-state index >= 15 is 0 Å². The van der Waals surface area contributed by atoms with E-state index in [1.807, 2.05) is 24.3 Å². The Kier molecular flexibility index (Phi) is 6.20. The summed E-state index contributed by atoms with van der Waals surface area (Å²) in [5, 5.41) is 4.23. The fraction of sp³-hybridized carbons (Fsp3) is 0.200. The Bertz CT molecular complexity index is 1340. The van der Waals surface area contributed by atoms with Crippen LogP contribution >= 0.6 is 0 Å². The molecule has 0 bridgehead atoms. The zero-order chi connectivity index (χ0) is 25.4. The van der Waals surface area contributed by atoms with Crippen LogP contribution < -0.4 is 16.4 Å². The van der Waals surface area contributed by atoms with Crippen LogP contribution in [0.1, 0.15) is 17.4 Å². The standard InChI is InChI=1S/C25H23F4N7/c26-18-7-5-17(6-8-18)20-9-10-21-22(33-20)23(30)35(15-25(27,28)29)24(31)34(21)14-16-3-1-4-19(13-16)36-12-2-11-32-36/h1-13,23-24H,14-15,30-31H2. The predicted octanol–water partition coefficient (Wildman–Crippen LogP) is 4.16. The fourth-order valence-corrected chi connectivity index (χ4v) is 4.35. The quantitative estimate of drug-likeness (QED) is 0.403. The molecule has 5 rings (SSSR count). The van der Waals surface area contributed by atoms with Gasteiger partial charge >= 0.3 is 6.18 Å². The van der Waals surface area contributed by atoms with E-state index in [0.717, 1.165) is 16.2 Å². The third kappa shape index (κ3) is 4.81. The number of benzene rings is 2. The van der Waals surface area contributed by atoms with Crippen molar-refractivity contribution in [1.82, 2.24) is 19.7 Å². The molecule has 0 spiro atoms. The van der Waals surface area contributed by atoms with Crippen molar-refractivity contribution in [2.75, 3.05) is 11.4 Å². The molecule has 2 unspecified atom stereocenters. The van der Waals surface area contributed by atoms with Crippen LogP contribution in [0, 0.1) is 5.82 Å². The molecule has 0 fully saturated rings. The Morgan fingerprint density at radius 2 is 1.72 bits per heavy atom. The SMILES string of the molecule is NC1c2nc(-c3ccc(F)cc3)ccc2N(Cc2cccc(-n3cccn3)c2)C(N)N1CC(F)(F)F. The van der Waals surface area contributed by atoms with Crippen molar-refractivity contribution in [1.29, 1.82) is 0 Å². The van der Waals surface area contributed by atoms with Gasteiger partial charge in [0.1, 0.15) is 18.3 Å². The monoisotopic (exact) mass is 497 g/mol. The Morgan fingerprint density at radius 1 is 0.944 bits per heavy atom. The van der Waals surface area contributed by atoms with Crippen molar-refractivity contribution < 1.29 is 17.6 Å². The van der Waals surface area contributed by atoms with Crippen molar-refractivity contribution >= 4 is 5.69 Å². The first kappa shape index (κ1) is 23.9. The minimum Gasteiger partial charge on any atom is -0.337 e. The molecule has 186 valence electrons. The van der Waals surface area contributed by atoms with E-state index in [9.17, 15) is 17.6 Å². The molecule has 0 saturated heterocycles. The van der Waals surface area contributed by atoms with Crippen molar-refractivity contribution in [3.8, 4) is 16.9 Å². The maximum atomic E-state index is 13.5. The normalized spacial score (nSPS) is 18.3. The summed E-state index contributed by atoms with van der Waals surface area (Å²) in [6, 6.07) is 18.4. The maximum absolute atomic E-state index is 13.5. The molecular weight excluding hydrogens is 474 g/mol. The number of rotatable bonds is 5. The van der Waals surface area contributed by atoms with Gasteiger partial charge in [-0.25, -0.2) is 19.0 Å². The summed E-state index contributed by atoms with van der Waals surface area (Å²) in [6.45, 7) is -1.09. The highest BCUT2D eigenvalue weighted by Crippen LogP contribution is 2.38. The van der Waals surface area contributed by atoms with Gasteiger partial charge in [0.15, 0.2) is 0 Å². The lowest BCUT2D eigenvalue weighted by Gasteiger charge is -2.46. The van der Waals surface area contributed by atoms with Crippen LogP contribution in [0.3, 0.4) is 0 Å². The van der Waals surface area contributed by atoms with Crippen LogP contribution in [0.4, 0.5) is 23.2 Å². The van der Waals surface area contributed by atoms with E-state index in [-0.39, 0.29) is 12.2 Å². The number of pyridine rings is 1. The van der Waals surface area contributed by atoms with Crippen molar-refractivity contribution in [3.05, 3.63) is 96.2 Å². The van der Waals surface area contributed by atoms with Gasteiger partial charge in [-0.2, -0.15) is 18.3 Å². The maximum Gasteiger partial charge on any atom is 0.401 e. The molecule has 3 heterocycles. The molecule has 7 nitrogen and oxygen atoms in total. The highest BCUT2D eigenvalue weighted by Gasteiger charge is 2.42. The van der Waals surface area contributed by atoms with Gasteiger partial charge in [0, 0.05) is 24.5 Å². The first-order chi connectivity index (χ1) is 17.2. The van der Waals surface area contributed by atoms with E-state index < -0.39 is 31.0 Å². The average molecular weight is 498 g/mol. The molecule has 1 aliphatic heterocycles. The number of hydrogen-bond donors (Lipinski definition) is 2. The number of hydrogen-bond acceptors (Lipinski definition) is 6. The molecule has 0 radical (unpaired) electrons. The summed E-state index contributed by atoms with van der Waals surface area (Å²) < 4.78 is 55.5. The molecule has 2 aromatic carbocycles. The summed E-state index contributed by atoms with van der Waals surface area (Å²) in [5.41, 5.74) is 16.1. The average Bonchev–Trinajstić information content (AvgIpc) is 3.39. The van der Waals surface area contributed by atoms with Crippen LogP contribution in [-0.2, 0) is 6.54 Å². The molecule has 2 aromatic heterocycles. The molecule has 4 aromatic rings. The molecule has 0 amide bonds. The molecule has 0 aliphatic carbocycles. The smallest absolute Gasteiger partial charge is 0.337 e. The summed E-state index contributed by atoms with van der Waals surface area (Å²) >= 11 is 0. The number of nitrogens with two attached hydrogens (primary N) is 2. The van der Waals surface area contributed by atoms with Crippen molar-refractivity contribution in [2.24, 2.45) is 11.5 Å². The van der Waals surface area contributed by atoms with E-state index in [4.69, 9.17) is 11.5 Å². The Morgan fingerprint density at radius 3 is 2.42 bits per heavy atom. The van der Waals surface area contributed by atoms with Gasteiger partial charge in [0.2, 0.25) is 0 Å². The second-order valence-corrected chi connectivity index (χ2v) is 8.50. The second kappa shape index (κ2) is 9.34. The van der Waals surface area contributed by atoms with Gasteiger partial charge in [-0.1, -0.05) is 12.1 Å².